The molecule has 0 atom stereocenters. The van der Waals surface area contributed by atoms with Crippen LogP contribution in [-0.2, 0) is 6.42 Å². The molecule has 122 valence electrons. The molecule has 0 aliphatic carbocycles. The van der Waals surface area contributed by atoms with Gasteiger partial charge in [-0.05, 0) is 42.7 Å². The average molecular weight is 322 g/mol. The van der Waals surface area contributed by atoms with Gasteiger partial charge in [-0.15, -0.1) is 0 Å². The number of rotatable bonds is 3. The van der Waals surface area contributed by atoms with E-state index in [1.807, 2.05) is 32.0 Å². The van der Waals surface area contributed by atoms with Crippen molar-refractivity contribution < 1.29 is 19.7 Å². The van der Waals surface area contributed by atoms with Crippen molar-refractivity contribution in [2.45, 2.75) is 20.3 Å². The van der Waals surface area contributed by atoms with Gasteiger partial charge in [0.25, 0.3) is 0 Å². The molecule has 3 rings (SSSR count). The Balaban J connectivity index is 2.05. The zero-order chi connectivity index (χ0) is 17.3. The molecule has 0 radical (unpaired) electrons. The molecule has 0 saturated carbocycles. The van der Waals surface area contributed by atoms with Gasteiger partial charge < -0.3 is 14.9 Å². The molecule has 4 heteroatoms. The van der Waals surface area contributed by atoms with Gasteiger partial charge in [0, 0.05) is 10.8 Å². The lowest BCUT2D eigenvalue weighted by molar-refractivity contribution is 0.0730. The van der Waals surface area contributed by atoms with Crippen molar-refractivity contribution in [2.75, 3.05) is 0 Å². The molecule has 0 unspecified atom stereocenters. The number of hydrogen-bond donors (Lipinski definition) is 2. The molecule has 0 fully saturated rings. The maximum atomic E-state index is 12.4. The summed E-state index contributed by atoms with van der Waals surface area (Å²) >= 11 is 0. The number of carbonyl (C=O) groups excluding carboxylic acids is 1. The first-order valence-corrected chi connectivity index (χ1v) is 7.76. The number of esters is 1. The van der Waals surface area contributed by atoms with Crippen LogP contribution in [0.25, 0.3) is 10.8 Å². The predicted molar refractivity (Wildman–Crippen MR) is 92.8 cm³/mol. The van der Waals surface area contributed by atoms with Crippen LogP contribution in [0.4, 0.5) is 0 Å². The molecule has 2 N–H and O–H groups in total. The molecular formula is C20H18O4. The molecule has 0 amide bonds. The summed E-state index contributed by atoms with van der Waals surface area (Å²) < 4.78 is 5.35. The van der Waals surface area contributed by atoms with E-state index in [-0.39, 0.29) is 17.1 Å². The second-order valence-electron chi connectivity index (χ2n) is 5.68. The Morgan fingerprint density at radius 3 is 2.50 bits per heavy atom. The fourth-order valence-corrected chi connectivity index (χ4v) is 2.64. The minimum absolute atomic E-state index is 0.0603. The fourth-order valence-electron chi connectivity index (χ4n) is 2.64. The quantitative estimate of drug-likeness (QED) is 0.427. The van der Waals surface area contributed by atoms with E-state index in [2.05, 4.69) is 0 Å². The number of phenolic OH excluding ortho intramolecular Hbond substituents is 2. The van der Waals surface area contributed by atoms with E-state index in [9.17, 15) is 15.0 Å². The van der Waals surface area contributed by atoms with Crippen LogP contribution in [0.1, 0.15) is 28.4 Å². The lowest BCUT2D eigenvalue weighted by Gasteiger charge is -2.12. The molecule has 4 nitrogen and oxygen atoms in total. The highest BCUT2D eigenvalue weighted by Gasteiger charge is 2.19. The molecule has 0 saturated heterocycles. The van der Waals surface area contributed by atoms with Crippen LogP contribution in [0, 0.1) is 6.92 Å². The lowest BCUT2D eigenvalue weighted by atomic mass is 10.0. The van der Waals surface area contributed by atoms with E-state index in [0.717, 1.165) is 17.5 Å². The van der Waals surface area contributed by atoms with Crippen LogP contribution in [0.5, 0.6) is 17.2 Å². The molecule has 24 heavy (non-hydrogen) atoms. The summed E-state index contributed by atoms with van der Waals surface area (Å²) in [4.78, 5) is 12.4. The van der Waals surface area contributed by atoms with Crippen molar-refractivity contribution in [1.29, 1.82) is 0 Å². The number of ether oxygens (including phenoxy) is 1. The van der Waals surface area contributed by atoms with Gasteiger partial charge in [-0.1, -0.05) is 37.3 Å². The maximum absolute atomic E-state index is 12.4. The summed E-state index contributed by atoms with van der Waals surface area (Å²) in [6, 6.07) is 13.7. The highest BCUT2D eigenvalue weighted by atomic mass is 16.5. The Labute approximate surface area is 139 Å². The Morgan fingerprint density at radius 2 is 1.79 bits per heavy atom. The molecule has 0 spiro atoms. The number of carbonyl (C=O) groups is 1. The van der Waals surface area contributed by atoms with Crippen LogP contribution in [0.3, 0.4) is 0 Å². The topological polar surface area (TPSA) is 66.8 Å². The van der Waals surface area contributed by atoms with Gasteiger partial charge in [-0.3, -0.25) is 0 Å². The number of para-hydroxylation sites is 1. The summed E-state index contributed by atoms with van der Waals surface area (Å²) in [6.45, 7) is 3.83. The van der Waals surface area contributed by atoms with Crippen LogP contribution in [0.2, 0.25) is 0 Å². The van der Waals surface area contributed by atoms with Crippen molar-refractivity contribution in [3.63, 3.8) is 0 Å². The Kier molecular flexibility index (Phi) is 4.13. The van der Waals surface area contributed by atoms with Crippen molar-refractivity contribution >= 4 is 16.7 Å². The van der Waals surface area contributed by atoms with Gasteiger partial charge in [0.1, 0.15) is 22.8 Å². The normalized spacial score (nSPS) is 10.8. The number of benzene rings is 3. The molecule has 3 aromatic rings. The predicted octanol–water partition coefficient (Wildman–Crippen LogP) is 4.34. The molecule has 0 heterocycles. The third-order valence-corrected chi connectivity index (χ3v) is 4.08. The third-order valence-electron chi connectivity index (χ3n) is 4.08. The first-order valence-electron chi connectivity index (χ1n) is 7.76. The van der Waals surface area contributed by atoms with Gasteiger partial charge >= 0.3 is 5.97 Å². The molecular weight excluding hydrogens is 304 g/mol. The smallest absolute Gasteiger partial charge is 0.347 e. The van der Waals surface area contributed by atoms with Gasteiger partial charge in [0.15, 0.2) is 0 Å². The van der Waals surface area contributed by atoms with Crippen molar-refractivity contribution in [3.8, 4) is 17.2 Å². The van der Waals surface area contributed by atoms with Crippen molar-refractivity contribution in [3.05, 3.63) is 65.2 Å². The third kappa shape index (κ3) is 2.78. The number of phenols is 2. The number of fused-ring (bicyclic) bond motifs is 1. The highest BCUT2D eigenvalue weighted by molar-refractivity contribution is 6.04. The van der Waals surface area contributed by atoms with Crippen LogP contribution in [0.15, 0.2) is 48.5 Å². The minimum atomic E-state index is -0.710. The first-order chi connectivity index (χ1) is 11.5. The van der Waals surface area contributed by atoms with E-state index < -0.39 is 5.97 Å². The number of aromatic hydroxyl groups is 2. The average Bonchev–Trinajstić information content (AvgIpc) is 2.59. The Bertz CT molecular complexity index is 928. The molecule has 0 aromatic heterocycles. The Morgan fingerprint density at radius 1 is 1.04 bits per heavy atom. The SMILES string of the molecule is CCc1ccc2c(O)c(C(=O)Oc3ccccc3C)cc(O)c2c1. The molecule has 0 aliphatic rings. The van der Waals surface area contributed by atoms with Crippen molar-refractivity contribution in [1.82, 2.24) is 0 Å². The van der Waals surface area contributed by atoms with Crippen LogP contribution < -0.4 is 4.74 Å². The first kappa shape index (κ1) is 15.9. The van der Waals surface area contributed by atoms with Crippen LogP contribution >= 0.6 is 0 Å². The zero-order valence-electron chi connectivity index (χ0n) is 13.5. The molecule has 0 aliphatic heterocycles. The van der Waals surface area contributed by atoms with Gasteiger partial charge in [-0.25, -0.2) is 4.79 Å². The van der Waals surface area contributed by atoms with Gasteiger partial charge in [0.2, 0.25) is 0 Å². The fraction of sp³-hybridized carbons (Fsp3) is 0.150. The maximum Gasteiger partial charge on any atom is 0.347 e. The zero-order valence-corrected chi connectivity index (χ0v) is 13.5. The highest BCUT2D eigenvalue weighted by Crippen LogP contribution is 2.36. The summed E-state index contributed by atoms with van der Waals surface area (Å²) in [6.07, 6.45) is 0.813. The standard InChI is InChI=1S/C20H18O4/c1-3-13-8-9-14-15(10-13)17(21)11-16(19(14)22)20(23)24-18-7-5-4-6-12(18)2/h4-11,21-22H,3H2,1-2H3. The second-order valence-corrected chi connectivity index (χ2v) is 5.68. The minimum Gasteiger partial charge on any atom is -0.507 e. The van der Waals surface area contributed by atoms with Crippen molar-refractivity contribution in [2.24, 2.45) is 0 Å². The van der Waals surface area contributed by atoms with Gasteiger partial charge in [-0.2, -0.15) is 0 Å². The lowest BCUT2D eigenvalue weighted by Crippen LogP contribution is -2.09. The van der Waals surface area contributed by atoms with E-state index in [4.69, 9.17) is 4.74 Å². The summed E-state index contributed by atoms with van der Waals surface area (Å²) in [5.74, 6) is -0.541. The van der Waals surface area contributed by atoms with E-state index in [1.54, 1.807) is 24.3 Å². The summed E-state index contributed by atoms with van der Waals surface area (Å²) in [5, 5.41) is 21.6. The monoisotopic (exact) mass is 322 g/mol. The van der Waals surface area contributed by atoms with E-state index >= 15 is 0 Å². The largest absolute Gasteiger partial charge is 0.507 e. The van der Waals surface area contributed by atoms with E-state index in [1.165, 1.54) is 6.07 Å². The molecule has 0 bridgehead atoms. The Hall–Kier alpha value is -3.01. The molecule has 3 aromatic carbocycles. The second kappa shape index (κ2) is 6.24. The number of aryl methyl sites for hydroxylation is 2. The van der Waals surface area contributed by atoms with E-state index in [0.29, 0.717) is 16.5 Å². The summed E-state index contributed by atoms with van der Waals surface area (Å²) in [5.41, 5.74) is 1.78. The van der Waals surface area contributed by atoms with Crippen LogP contribution in [-0.4, -0.2) is 16.2 Å². The number of hydrogen-bond acceptors (Lipinski definition) is 4. The summed E-state index contributed by atoms with van der Waals surface area (Å²) in [7, 11) is 0. The van der Waals surface area contributed by atoms with Gasteiger partial charge in [0.05, 0.1) is 0 Å².